The van der Waals surface area contributed by atoms with Crippen molar-refractivity contribution in [1.82, 2.24) is 15.3 Å². The first-order valence-corrected chi connectivity index (χ1v) is 6.21. The highest BCUT2D eigenvalue weighted by Crippen LogP contribution is 2.19. The molecule has 19 heavy (non-hydrogen) atoms. The lowest BCUT2D eigenvalue weighted by molar-refractivity contribution is 1.17. The Morgan fingerprint density at radius 3 is 2.79 bits per heavy atom. The Bertz CT molecular complexity index is 644. The molecule has 0 aromatic carbocycles. The number of amidine groups is 1. The Balaban J connectivity index is 1.80. The molecule has 0 fully saturated rings. The fraction of sp³-hybridized carbons (Fsp3) is 0.133. The summed E-state index contributed by atoms with van der Waals surface area (Å²) in [6.45, 7) is 2.01. The standard InChI is InChI=1S/C15H14N4/c1-11-5-4-10-17-15(11)19-14-8-7-13(18-14)12-6-2-3-9-16-12/h2-7,9-10H,8H2,1H3,(H,17,18,19). The van der Waals surface area contributed by atoms with Crippen molar-refractivity contribution in [3.63, 3.8) is 0 Å². The van der Waals surface area contributed by atoms with Crippen LogP contribution in [0.15, 0.2) is 53.8 Å². The van der Waals surface area contributed by atoms with Crippen LogP contribution in [0.4, 0.5) is 5.82 Å². The molecule has 0 aliphatic carbocycles. The van der Waals surface area contributed by atoms with Gasteiger partial charge in [-0.05, 0) is 30.7 Å². The molecule has 0 amide bonds. The van der Waals surface area contributed by atoms with Crippen LogP contribution in [0.25, 0.3) is 5.70 Å². The van der Waals surface area contributed by atoms with E-state index in [0.29, 0.717) is 0 Å². The topological polar surface area (TPSA) is 50.2 Å². The predicted octanol–water partition coefficient (Wildman–Crippen LogP) is 2.85. The van der Waals surface area contributed by atoms with Crippen molar-refractivity contribution in [2.75, 3.05) is 0 Å². The van der Waals surface area contributed by atoms with Crippen molar-refractivity contribution in [1.29, 1.82) is 0 Å². The van der Waals surface area contributed by atoms with E-state index < -0.39 is 0 Å². The van der Waals surface area contributed by atoms with Crippen LogP contribution in [-0.4, -0.2) is 15.8 Å². The summed E-state index contributed by atoms with van der Waals surface area (Å²) in [4.78, 5) is 13.1. The van der Waals surface area contributed by atoms with Crippen LogP contribution in [0, 0.1) is 6.92 Å². The van der Waals surface area contributed by atoms with Crippen molar-refractivity contribution in [2.24, 2.45) is 4.99 Å². The molecular weight excluding hydrogens is 236 g/mol. The minimum atomic E-state index is 0.765. The Morgan fingerprint density at radius 2 is 2.00 bits per heavy atom. The van der Waals surface area contributed by atoms with E-state index in [1.54, 1.807) is 12.4 Å². The van der Waals surface area contributed by atoms with E-state index >= 15 is 0 Å². The Kier molecular flexibility index (Phi) is 3.06. The largest absolute Gasteiger partial charge is 0.342 e. The van der Waals surface area contributed by atoms with Crippen LogP contribution >= 0.6 is 0 Å². The molecule has 0 spiro atoms. The van der Waals surface area contributed by atoms with Gasteiger partial charge in [-0.3, -0.25) is 4.98 Å². The molecule has 0 atom stereocenters. The van der Waals surface area contributed by atoms with Gasteiger partial charge in [0.25, 0.3) is 0 Å². The molecule has 4 nitrogen and oxygen atoms in total. The van der Waals surface area contributed by atoms with Gasteiger partial charge in [0.05, 0.1) is 11.4 Å². The Labute approximate surface area is 112 Å². The first-order chi connectivity index (χ1) is 9.33. The Hall–Kier alpha value is -2.49. The summed E-state index contributed by atoms with van der Waals surface area (Å²) < 4.78 is 0. The molecule has 0 saturated carbocycles. The van der Waals surface area contributed by atoms with Gasteiger partial charge in [-0.25, -0.2) is 9.98 Å². The summed E-state index contributed by atoms with van der Waals surface area (Å²) >= 11 is 0. The molecular formula is C15H14N4. The minimum Gasteiger partial charge on any atom is -0.342 e. The van der Waals surface area contributed by atoms with Gasteiger partial charge >= 0.3 is 0 Å². The van der Waals surface area contributed by atoms with Gasteiger partial charge in [0.2, 0.25) is 0 Å². The average molecular weight is 250 g/mol. The van der Waals surface area contributed by atoms with Crippen LogP contribution < -0.4 is 5.32 Å². The number of aliphatic imine (C=N–C) groups is 1. The zero-order valence-corrected chi connectivity index (χ0v) is 10.7. The molecule has 0 saturated heterocycles. The van der Waals surface area contributed by atoms with Crippen molar-refractivity contribution in [3.05, 3.63) is 60.1 Å². The lowest BCUT2D eigenvalue weighted by atomic mass is 10.3. The van der Waals surface area contributed by atoms with Crippen molar-refractivity contribution >= 4 is 17.4 Å². The maximum atomic E-state index is 4.55. The lowest BCUT2D eigenvalue weighted by Crippen LogP contribution is -2.15. The molecule has 1 aliphatic heterocycles. The van der Waals surface area contributed by atoms with Crippen LogP contribution in [0.3, 0.4) is 0 Å². The van der Waals surface area contributed by atoms with Gasteiger partial charge < -0.3 is 5.32 Å². The number of nitrogens with zero attached hydrogens (tertiary/aromatic N) is 3. The first-order valence-electron chi connectivity index (χ1n) is 6.21. The van der Waals surface area contributed by atoms with Crippen LogP contribution in [0.1, 0.15) is 17.7 Å². The molecule has 3 rings (SSSR count). The SMILES string of the molecule is Cc1cccnc1/N=C1/CC=C(c2ccccn2)N1. The summed E-state index contributed by atoms with van der Waals surface area (Å²) in [6, 6.07) is 9.79. The van der Waals surface area contributed by atoms with Crippen LogP contribution in [0.5, 0.6) is 0 Å². The summed E-state index contributed by atoms with van der Waals surface area (Å²) in [5.41, 5.74) is 3.02. The van der Waals surface area contributed by atoms with E-state index in [1.165, 1.54) is 0 Å². The maximum Gasteiger partial charge on any atom is 0.156 e. The third-order valence-corrected chi connectivity index (χ3v) is 2.94. The average Bonchev–Trinajstić information content (AvgIpc) is 2.91. The van der Waals surface area contributed by atoms with E-state index in [2.05, 4.69) is 26.4 Å². The zero-order chi connectivity index (χ0) is 13.1. The molecule has 0 radical (unpaired) electrons. The fourth-order valence-electron chi connectivity index (χ4n) is 1.94. The van der Waals surface area contributed by atoms with Crippen molar-refractivity contribution in [2.45, 2.75) is 13.3 Å². The molecule has 1 aliphatic rings. The monoisotopic (exact) mass is 250 g/mol. The summed E-state index contributed by atoms with van der Waals surface area (Å²) in [6.07, 6.45) is 6.42. The molecule has 3 heterocycles. The quantitative estimate of drug-likeness (QED) is 0.891. The molecule has 0 unspecified atom stereocenters. The van der Waals surface area contributed by atoms with Gasteiger partial charge in [0.15, 0.2) is 5.82 Å². The van der Waals surface area contributed by atoms with Crippen LogP contribution in [-0.2, 0) is 0 Å². The number of aryl methyl sites for hydroxylation is 1. The summed E-state index contributed by atoms with van der Waals surface area (Å²) in [7, 11) is 0. The summed E-state index contributed by atoms with van der Waals surface area (Å²) in [5.74, 6) is 1.67. The molecule has 4 heteroatoms. The van der Waals surface area contributed by atoms with E-state index in [-0.39, 0.29) is 0 Å². The number of pyridine rings is 2. The predicted molar refractivity (Wildman–Crippen MR) is 76.0 cm³/mol. The normalized spacial score (nSPS) is 16.3. The highest BCUT2D eigenvalue weighted by Gasteiger charge is 2.13. The summed E-state index contributed by atoms with van der Waals surface area (Å²) in [5, 5.41) is 3.29. The third-order valence-electron chi connectivity index (χ3n) is 2.94. The van der Waals surface area contributed by atoms with Crippen LogP contribution in [0.2, 0.25) is 0 Å². The van der Waals surface area contributed by atoms with E-state index in [1.807, 2.05) is 37.3 Å². The van der Waals surface area contributed by atoms with E-state index in [4.69, 9.17) is 0 Å². The molecule has 1 N–H and O–H groups in total. The smallest absolute Gasteiger partial charge is 0.156 e. The van der Waals surface area contributed by atoms with E-state index in [0.717, 1.165) is 35.0 Å². The fourth-order valence-corrected chi connectivity index (χ4v) is 1.94. The lowest BCUT2D eigenvalue weighted by Gasteiger charge is -2.05. The number of nitrogens with one attached hydrogen (secondary N) is 1. The number of hydrogen-bond acceptors (Lipinski definition) is 3. The minimum absolute atomic E-state index is 0.765. The van der Waals surface area contributed by atoms with Gasteiger partial charge in [-0.1, -0.05) is 18.2 Å². The highest BCUT2D eigenvalue weighted by molar-refractivity contribution is 5.97. The zero-order valence-electron chi connectivity index (χ0n) is 10.7. The molecule has 94 valence electrons. The second kappa shape index (κ2) is 5.02. The van der Waals surface area contributed by atoms with Gasteiger partial charge in [-0.2, -0.15) is 0 Å². The molecule has 0 bridgehead atoms. The Morgan fingerprint density at radius 1 is 1.11 bits per heavy atom. The molecule has 2 aromatic heterocycles. The second-order valence-electron chi connectivity index (χ2n) is 4.36. The van der Waals surface area contributed by atoms with Gasteiger partial charge in [-0.15, -0.1) is 0 Å². The number of rotatable bonds is 2. The van der Waals surface area contributed by atoms with E-state index in [9.17, 15) is 0 Å². The van der Waals surface area contributed by atoms with Gasteiger partial charge in [0.1, 0.15) is 5.84 Å². The maximum absolute atomic E-state index is 4.55. The van der Waals surface area contributed by atoms with Gasteiger partial charge in [0, 0.05) is 18.8 Å². The second-order valence-corrected chi connectivity index (χ2v) is 4.36. The van der Waals surface area contributed by atoms with Crippen molar-refractivity contribution < 1.29 is 0 Å². The number of aromatic nitrogens is 2. The van der Waals surface area contributed by atoms with Crippen molar-refractivity contribution in [3.8, 4) is 0 Å². The third kappa shape index (κ3) is 2.52. The molecule has 2 aromatic rings. The highest BCUT2D eigenvalue weighted by atomic mass is 15.1. The first kappa shape index (κ1) is 11.6. The number of hydrogen-bond donors (Lipinski definition) is 1.